The first kappa shape index (κ1) is 17.2. The van der Waals surface area contributed by atoms with Gasteiger partial charge in [0, 0.05) is 18.2 Å². The van der Waals surface area contributed by atoms with E-state index in [9.17, 15) is 14.4 Å². The quantitative estimate of drug-likeness (QED) is 0.853. The first-order valence-corrected chi connectivity index (χ1v) is 8.24. The van der Waals surface area contributed by atoms with Gasteiger partial charge in [0.25, 0.3) is 5.56 Å². The number of H-pyrrole nitrogens is 1. The number of carbonyl (C=O) groups excluding carboxylic acids is 1. The number of aromatic nitrogens is 2. The molecule has 1 aliphatic heterocycles. The zero-order valence-electron chi connectivity index (χ0n) is 14.0. The molecule has 132 valence electrons. The van der Waals surface area contributed by atoms with Gasteiger partial charge in [0.1, 0.15) is 0 Å². The van der Waals surface area contributed by atoms with E-state index in [4.69, 9.17) is 9.47 Å². The maximum atomic E-state index is 12.4. The molecule has 7 heteroatoms. The van der Waals surface area contributed by atoms with E-state index in [2.05, 4.69) is 4.98 Å². The molecule has 1 aromatic heterocycles. The maximum Gasteiger partial charge on any atom is 0.338 e. The second kappa shape index (κ2) is 7.06. The average Bonchev–Trinajstić information content (AvgIpc) is 2.92. The third-order valence-corrected chi connectivity index (χ3v) is 4.48. The minimum absolute atomic E-state index is 0.0958. The Kier molecular flexibility index (Phi) is 4.85. The fourth-order valence-electron chi connectivity index (χ4n) is 3.10. The number of esters is 1. The van der Waals surface area contributed by atoms with Crippen LogP contribution >= 0.6 is 0 Å². The molecule has 2 aromatic rings. The van der Waals surface area contributed by atoms with E-state index >= 15 is 0 Å². The van der Waals surface area contributed by atoms with Crippen molar-refractivity contribution in [2.75, 3.05) is 0 Å². The molecule has 1 N–H and O–H groups in total. The van der Waals surface area contributed by atoms with Crippen molar-refractivity contribution in [1.82, 2.24) is 9.55 Å². The molecule has 25 heavy (non-hydrogen) atoms. The highest BCUT2D eigenvalue weighted by Crippen LogP contribution is 2.37. The summed E-state index contributed by atoms with van der Waals surface area (Å²) in [7, 11) is 0. The van der Waals surface area contributed by atoms with Gasteiger partial charge in [-0.15, -0.1) is 0 Å². The summed E-state index contributed by atoms with van der Waals surface area (Å²) in [5, 5.41) is 0. The standard InChI is InChI=1S/C18H20N2O5/c1-3-13-11(2)15(25-17(22)12-7-5-4-6-8-12)16(24-13)20-10-9-14(21)19-18(20)23/h4-11,13,15-16H,3H2,1-2H3,(H,19,21,23)/t11-,13-,15-,16-/m1/s1. The van der Waals surface area contributed by atoms with Crippen LogP contribution in [0.4, 0.5) is 0 Å². The molecular formula is C18H20N2O5. The van der Waals surface area contributed by atoms with Gasteiger partial charge >= 0.3 is 11.7 Å². The first-order chi connectivity index (χ1) is 12.0. The van der Waals surface area contributed by atoms with Gasteiger partial charge < -0.3 is 9.47 Å². The van der Waals surface area contributed by atoms with Gasteiger partial charge in [0.2, 0.25) is 0 Å². The molecule has 1 fully saturated rings. The molecule has 0 bridgehead atoms. The summed E-state index contributed by atoms with van der Waals surface area (Å²) in [4.78, 5) is 38.0. The number of nitrogens with one attached hydrogen (secondary N) is 1. The molecule has 0 saturated carbocycles. The molecule has 0 spiro atoms. The Morgan fingerprint density at radius 3 is 2.60 bits per heavy atom. The highest BCUT2D eigenvalue weighted by atomic mass is 16.6. The van der Waals surface area contributed by atoms with Crippen molar-refractivity contribution in [2.24, 2.45) is 5.92 Å². The summed E-state index contributed by atoms with van der Waals surface area (Å²) in [6, 6.07) is 9.90. The number of rotatable bonds is 4. The van der Waals surface area contributed by atoms with Gasteiger partial charge in [-0.2, -0.15) is 0 Å². The van der Waals surface area contributed by atoms with Crippen molar-refractivity contribution in [3.8, 4) is 0 Å². The van der Waals surface area contributed by atoms with Crippen LogP contribution in [0.25, 0.3) is 0 Å². The van der Waals surface area contributed by atoms with Gasteiger partial charge in [-0.3, -0.25) is 14.3 Å². The van der Waals surface area contributed by atoms with Crippen LogP contribution in [0.15, 0.2) is 52.2 Å². The molecule has 1 aromatic carbocycles. The smallest absolute Gasteiger partial charge is 0.338 e. The number of hydrogen-bond donors (Lipinski definition) is 1. The van der Waals surface area contributed by atoms with Crippen molar-refractivity contribution in [2.45, 2.75) is 38.7 Å². The lowest BCUT2D eigenvalue weighted by molar-refractivity contribution is -0.0510. The number of carbonyl (C=O) groups is 1. The first-order valence-electron chi connectivity index (χ1n) is 8.24. The predicted octanol–water partition coefficient (Wildman–Crippen LogP) is 1.71. The zero-order valence-corrected chi connectivity index (χ0v) is 14.0. The summed E-state index contributed by atoms with van der Waals surface area (Å²) >= 11 is 0. The summed E-state index contributed by atoms with van der Waals surface area (Å²) in [6.07, 6.45) is 0.505. The van der Waals surface area contributed by atoms with Crippen LogP contribution in [0, 0.1) is 5.92 Å². The van der Waals surface area contributed by atoms with E-state index in [0.29, 0.717) is 5.56 Å². The lowest BCUT2D eigenvalue weighted by Gasteiger charge is -2.22. The molecule has 7 nitrogen and oxygen atoms in total. The van der Waals surface area contributed by atoms with Crippen molar-refractivity contribution in [3.63, 3.8) is 0 Å². The van der Waals surface area contributed by atoms with Crippen LogP contribution in [-0.4, -0.2) is 27.7 Å². The molecule has 2 heterocycles. The second-order valence-corrected chi connectivity index (χ2v) is 6.09. The number of nitrogens with zero attached hydrogens (tertiary/aromatic N) is 1. The predicted molar refractivity (Wildman–Crippen MR) is 90.3 cm³/mol. The normalized spacial score (nSPS) is 25.7. The van der Waals surface area contributed by atoms with Crippen LogP contribution in [-0.2, 0) is 9.47 Å². The number of aromatic amines is 1. The Hall–Kier alpha value is -2.67. The van der Waals surface area contributed by atoms with Gasteiger partial charge in [0.05, 0.1) is 11.7 Å². The summed E-state index contributed by atoms with van der Waals surface area (Å²) in [6.45, 7) is 3.89. The van der Waals surface area contributed by atoms with Crippen LogP contribution < -0.4 is 11.2 Å². The Labute approximate surface area is 144 Å². The molecule has 1 saturated heterocycles. The fourth-order valence-corrected chi connectivity index (χ4v) is 3.10. The summed E-state index contributed by atoms with van der Waals surface area (Å²) in [5.74, 6) is -0.568. The molecule has 1 aliphatic rings. The summed E-state index contributed by atoms with van der Waals surface area (Å²) < 4.78 is 12.9. The van der Waals surface area contributed by atoms with E-state index < -0.39 is 29.6 Å². The van der Waals surface area contributed by atoms with Crippen molar-refractivity contribution < 1.29 is 14.3 Å². The third kappa shape index (κ3) is 3.41. The molecular weight excluding hydrogens is 324 g/mol. The Bertz CT molecular complexity index is 858. The van der Waals surface area contributed by atoms with Crippen molar-refractivity contribution in [3.05, 3.63) is 69.0 Å². The SMILES string of the molecule is CC[C@H]1O[C@@H](n2ccc(=O)[nH]c2=O)[C@H](OC(=O)c2ccccc2)[C@@H]1C. The Morgan fingerprint density at radius 2 is 1.96 bits per heavy atom. The van der Waals surface area contributed by atoms with Gasteiger partial charge in [0.15, 0.2) is 12.3 Å². The minimum Gasteiger partial charge on any atom is -0.454 e. The molecule has 0 aliphatic carbocycles. The minimum atomic E-state index is -0.781. The van der Waals surface area contributed by atoms with E-state index in [1.165, 1.54) is 16.8 Å². The number of hydrogen-bond acceptors (Lipinski definition) is 5. The molecule has 0 unspecified atom stereocenters. The van der Waals surface area contributed by atoms with E-state index in [1.807, 2.05) is 19.9 Å². The number of benzene rings is 1. The van der Waals surface area contributed by atoms with Gasteiger partial charge in [-0.1, -0.05) is 32.0 Å². The third-order valence-electron chi connectivity index (χ3n) is 4.48. The van der Waals surface area contributed by atoms with Crippen LogP contribution in [0.1, 0.15) is 36.9 Å². The van der Waals surface area contributed by atoms with Gasteiger partial charge in [-0.25, -0.2) is 9.59 Å². The van der Waals surface area contributed by atoms with Crippen LogP contribution in [0.2, 0.25) is 0 Å². The zero-order chi connectivity index (χ0) is 18.0. The topological polar surface area (TPSA) is 90.4 Å². The highest BCUT2D eigenvalue weighted by molar-refractivity contribution is 5.89. The molecule has 4 atom stereocenters. The van der Waals surface area contributed by atoms with Crippen LogP contribution in [0.5, 0.6) is 0 Å². The Morgan fingerprint density at radius 1 is 1.24 bits per heavy atom. The highest BCUT2D eigenvalue weighted by Gasteiger charge is 2.45. The lowest BCUT2D eigenvalue weighted by atomic mass is 9.98. The average molecular weight is 344 g/mol. The van der Waals surface area contributed by atoms with Crippen molar-refractivity contribution in [1.29, 1.82) is 0 Å². The van der Waals surface area contributed by atoms with Crippen LogP contribution in [0.3, 0.4) is 0 Å². The Balaban J connectivity index is 1.91. The van der Waals surface area contributed by atoms with Crippen molar-refractivity contribution >= 4 is 5.97 Å². The summed E-state index contributed by atoms with van der Waals surface area (Å²) in [5.41, 5.74) is -0.651. The molecule has 0 radical (unpaired) electrons. The maximum absolute atomic E-state index is 12.4. The van der Waals surface area contributed by atoms with Gasteiger partial charge in [-0.05, 0) is 18.6 Å². The monoisotopic (exact) mass is 344 g/mol. The lowest BCUT2D eigenvalue weighted by Crippen LogP contribution is -2.37. The molecule has 0 amide bonds. The number of ether oxygens (including phenoxy) is 2. The van der Waals surface area contributed by atoms with E-state index in [-0.39, 0.29) is 12.0 Å². The fraction of sp³-hybridized carbons (Fsp3) is 0.389. The van der Waals surface area contributed by atoms with E-state index in [1.54, 1.807) is 24.3 Å². The largest absolute Gasteiger partial charge is 0.454 e. The second-order valence-electron chi connectivity index (χ2n) is 6.09. The molecule has 3 rings (SSSR count). The van der Waals surface area contributed by atoms with E-state index in [0.717, 1.165) is 6.42 Å².